The molecular formula is C17H36IN5O. The lowest BCUT2D eigenvalue weighted by atomic mass is 10.0. The molecule has 0 aromatic rings. The Morgan fingerprint density at radius 3 is 2.62 bits per heavy atom. The van der Waals surface area contributed by atoms with Crippen LogP contribution in [-0.4, -0.2) is 87.9 Å². The number of piperidine rings is 1. The van der Waals surface area contributed by atoms with Gasteiger partial charge in [0.25, 0.3) is 0 Å². The molecule has 142 valence electrons. The van der Waals surface area contributed by atoms with Gasteiger partial charge in [0.1, 0.15) is 0 Å². The van der Waals surface area contributed by atoms with Crippen molar-refractivity contribution in [3.63, 3.8) is 0 Å². The summed E-state index contributed by atoms with van der Waals surface area (Å²) in [7, 11) is 0. The zero-order chi connectivity index (χ0) is 16.3. The maximum Gasteiger partial charge on any atom is 0.191 e. The van der Waals surface area contributed by atoms with E-state index in [9.17, 15) is 0 Å². The predicted octanol–water partition coefficient (Wildman–Crippen LogP) is 1.22. The predicted molar refractivity (Wildman–Crippen MR) is 111 cm³/mol. The van der Waals surface area contributed by atoms with Crippen LogP contribution in [0.1, 0.15) is 26.7 Å². The van der Waals surface area contributed by atoms with Gasteiger partial charge in [0, 0.05) is 45.8 Å². The third-order valence-electron chi connectivity index (χ3n) is 4.60. The molecule has 2 fully saturated rings. The number of rotatable bonds is 7. The number of aliphatic imine (C=N–C) groups is 1. The van der Waals surface area contributed by atoms with E-state index in [1.807, 2.05) is 0 Å². The van der Waals surface area contributed by atoms with Gasteiger partial charge in [-0.15, -0.1) is 24.0 Å². The van der Waals surface area contributed by atoms with Gasteiger partial charge in [-0.1, -0.05) is 6.92 Å². The van der Waals surface area contributed by atoms with Crippen molar-refractivity contribution in [1.82, 2.24) is 20.4 Å². The first kappa shape index (κ1) is 21.9. The molecule has 0 amide bonds. The van der Waals surface area contributed by atoms with E-state index in [-0.39, 0.29) is 24.0 Å². The van der Waals surface area contributed by atoms with Crippen LogP contribution in [0.25, 0.3) is 0 Å². The monoisotopic (exact) mass is 453 g/mol. The van der Waals surface area contributed by atoms with E-state index in [0.717, 1.165) is 70.9 Å². The molecule has 0 aromatic heterocycles. The van der Waals surface area contributed by atoms with Gasteiger partial charge in [-0.25, -0.2) is 0 Å². The molecule has 7 heteroatoms. The molecule has 2 rings (SSSR count). The van der Waals surface area contributed by atoms with Crippen LogP contribution in [-0.2, 0) is 4.74 Å². The molecule has 0 aliphatic carbocycles. The molecule has 2 saturated heterocycles. The number of hydrogen-bond donors (Lipinski definition) is 2. The second-order valence-electron chi connectivity index (χ2n) is 6.69. The molecule has 0 aromatic carbocycles. The molecule has 0 spiro atoms. The number of nitrogens with one attached hydrogen (secondary N) is 2. The minimum absolute atomic E-state index is 0. The molecule has 6 nitrogen and oxygen atoms in total. The summed E-state index contributed by atoms with van der Waals surface area (Å²) in [6.45, 7) is 15.6. The first-order valence-corrected chi connectivity index (χ1v) is 9.32. The normalized spacial score (nSPS) is 23.6. The molecule has 2 aliphatic heterocycles. The van der Waals surface area contributed by atoms with Crippen LogP contribution in [0.4, 0.5) is 0 Å². The molecule has 24 heavy (non-hydrogen) atoms. The van der Waals surface area contributed by atoms with Gasteiger partial charge in [0.2, 0.25) is 0 Å². The zero-order valence-electron chi connectivity index (χ0n) is 15.4. The summed E-state index contributed by atoms with van der Waals surface area (Å²) < 4.78 is 5.38. The highest BCUT2D eigenvalue weighted by Gasteiger charge is 2.15. The average Bonchev–Trinajstić information content (AvgIpc) is 2.56. The van der Waals surface area contributed by atoms with Crippen LogP contribution >= 0.6 is 24.0 Å². The van der Waals surface area contributed by atoms with Gasteiger partial charge in [0.15, 0.2) is 5.96 Å². The lowest BCUT2D eigenvalue weighted by Gasteiger charge is -2.30. The van der Waals surface area contributed by atoms with Crippen molar-refractivity contribution < 1.29 is 4.74 Å². The Morgan fingerprint density at radius 1 is 1.12 bits per heavy atom. The highest BCUT2D eigenvalue weighted by molar-refractivity contribution is 14.0. The Labute approximate surface area is 164 Å². The van der Waals surface area contributed by atoms with Crippen LogP contribution in [0.3, 0.4) is 0 Å². The smallest absolute Gasteiger partial charge is 0.191 e. The molecule has 0 bridgehead atoms. The summed E-state index contributed by atoms with van der Waals surface area (Å²) in [5, 5.41) is 6.82. The molecule has 2 heterocycles. The second-order valence-corrected chi connectivity index (χ2v) is 6.69. The number of nitrogens with zero attached hydrogens (tertiary/aromatic N) is 3. The minimum Gasteiger partial charge on any atom is -0.379 e. The Morgan fingerprint density at radius 2 is 1.92 bits per heavy atom. The summed E-state index contributed by atoms with van der Waals surface area (Å²) in [6.07, 6.45) is 2.73. The molecule has 0 radical (unpaired) electrons. The quantitative estimate of drug-likeness (QED) is 0.345. The molecule has 2 N–H and O–H groups in total. The summed E-state index contributed by atoms with van der Waals surface area (Å²) >= 11 is 0. The third kappa shape index (κ3) is 8.82. The maximum absolute atomic E-state index is 5.38. The first-order chi connectivity index (χ1) is 11.3. The average molecular weight is 453 g/mol. The van der Waals surface area contributed by atoms with Gasteiger partial charge < -0.3 is 20.3 Å². The molecular weight excluding hydrogens is 417 g/mol. The Balaban J connectivity index is 0.00000288. The third-order valence-corrected chi connectivity index (χ3v) is 4.60. The van der Waals surface area contributed by atoms with E-state index in [4.69, 9.17) is 9.73 Å². The number of morpholine rings is 1. The number of ether oxygens (including phenoxy) is 1. The van der Waals surface area contributed by atoms with Crippen molar-refractivity contribution in [2.24, 2.45) is 10.9 Å². The van der Waals surface area contributed by atoms with Crippen LogP contribution in [0.2, 0.25) is 0 Å². The van der Waals surface area contributed by atoms with Gasteiger partial charge in [-0.2, -0.15) is 0 Å². The van der Waals surface area contributed by atoms with Gasteiger partial charge >= 0.3 is 0 Å². The zero-order valence-corrected chi connectivity index (χ0v) is 17.8. The summed E-state index contributed by atoms with van der Waals surface area (Å²) in [6, 6.07) is 0. The SMILES string of the molecule is CCNC(=NCCN1CCOCC1)NCCN1CCCC(C)C1.I. The highest BCUT2D eigenvalue weighted by atomic mass is 127. The van der Waals surface area contributed by atoms with E-state index < -0.39 is 0 Å². The van der Waals surface area contributed by atoms with Gasteiger partial charge in [0.05, 0.1) is 19.8 Å². The fraction of sp³-hybridized carbons (Fsp3) is 0.941. The second kappa shape index (κ2) is 13.1. The van der Waals surface area contributed by atoms with Crippen LogP contribution in [0.5, 0.6) is 0 Å². The lowest BCUT2D eigenvalue weighted by Crippen LogP contribution is -2.44. The van der Waals surface area contributed by atoms with Crippen LogP contribution < -0.4 is 10.6 Å². The lowest BCUT2D eigenvalue weighted by molar-refractivity contribution is 0.0394. The van der Waals surface area contributed by atoms with Crippen molar-refractivity contribution in [3.05, 3.63) is 0 Å². The Bertz CT molecular complexity index is 350. The van der Waals surface area contributed by atoms with E-state index in [2.05, 4.69) is 34.3 Å². The fourth-order valence-corrected chi connectivity index (χ4v) is 3.29. The maximum atomic E-state index is 5.38. The molecule has 0 saturated carbocycles. The van der Waals surface area contributed by atoms with Gasteiger partial charge in [-0.05, 0) is 32.2 Å². The van der Waals surface area contributed by atoms with E-state index in [1.165, 1.54) is 25.9 Å². The topological polar surface area (TPSA) is 52.1 Å². The van der Waals surface area contributed by atoms with Crippen LogP contribution in [0, 0.1) is 5.92 Å². The first-order valence-electron chi connectivity index (χ1n) is 9.32. The molecule has 1 atom stereocenters. The number of halogens is 1. The number of likely N-dealkylation sites (tertiary alicyclic amines) is 1. The Hall–Kier alpha value is -0.120. The van der Waals surface area contributed by atoms with Crippen molar-refractivity contribution in [3.8, 4) is 0 Å². The van der Waals surface area contributed by atoms with E-state index >= 15 is 0 Å². The summed E-state index contributed by atoms with van der Waals surface area (Å²) in [5.74, 6) is 1.80. The summed E-state index contributed by atoms with van der Waals surface area (Å²) in [4.78, 5) is 9.69. The fourth-order valence-electron chi connectivity index (χ4n) is 3.29. The largest absolute Gasteiger partial charge is 0.379 e. The van der Waals surface area contributed by atoms with E-state index in [1.54, 1.807) is 0 Å². The standard InChI is InChI=1S/C17H35N5O.HI/c1-3-18-17(19-6-9-21-11-13-23-14-12-21)20-7-10-22-8-4-5-16(2)15-22;/h16H,3-15H2,1-2H3,(H2,18,19,20);1H. The number of guanidine groups is 1. The van der Waals surface area contributed by atoms with E-state index in [0.29, 0.717) is 0 Å². The van der Waals surface area contributed by atoms with Crippen molar-refractivity contribution in [1.29, 1.82) is 0 Å². The highest BCUT2D eigenvalue weighted by Crippen LogP contribution is 2.14. The molecule has 1 unspecified atom stereocenters. The van der Waals surface area contributed by atoms with Crippen molar-refractivity contribution >= 4 is 29.9 Å². The summed E-state index contributed by atoms with van der Waals surface area (Å²) in [5.41, 5.74) is 0. The minimum atomic E-state index is 0. The van der Waals surface area contributed by atoms with Crippen molar-refractivity contribution in [2.75, 3.05) is 72.1 Å². The Kier molecular flexibility index (Phi) is 12.0. The molecule has 2 aliphatic rings. The van der Waals surface area contributed by atoms with Gasteiger partial charge in [-0.3, -0.25) is 9.89 Å². The number of hydrogen-bond acceptors (Lipinski definition) is 4. The van der Waals surface area contributed by atoms with Crippen LogP contribution in [0.15, 0.2) is 4.99 Å². The van der Waals surface area contributed by atoms with Crippen molar-refractivity contribution in [2.45, 2.75) is 26.7 Å².